The van der Waals surface area contributed by atoms with E-state index in [9.17, 15) is 9.59 Å². The molecule has 0 atom stereocenters. The first kappa shape index (κ1) is 27.5. The van der Waals surface area contributed by atoms with Gasteiger partial charge in [0.15, 0.2) is 23.0 Å². The normalized spacial score (nSPS) is 12.8. The van der Waals surface area contributed by atoms with Gasteiger partial charge in [-0.3, -0.25) is 9.59 Å². The van der Waals surface area contributed by atoms with Crippen LogP contribution in [0.3, 0.4) is 0 Å². The van der Waals surface area contributed by atoms with E-state index in [-0.39, 0.29) is 43.3 Å². The number of benzene rings is 2. The molecule has 4 rings (SSSR count). The van der Waals surface area contributed by atoms with E-state index in [4.69, 9.17) is 18.9 Å². The van der Waals surface area contributed by atoms with E-state index in [0.29, 0.717) is 49.2 Å². The standard InChI is InChI=1S/C24H25N3O6.ClH.H2O/c28-23(7-3-17-1-5-19-21(13-17)32-15-30-19)26-11-9-25-10-12-27-24(29)8-4-18-2-6-20-22(14-18)33-16-31-20;;/h1-8,13-14,25H,9-12,15-16H2,(H,26,28)(H,27,29);1H;1H2. The Morgan fingerprint density at radius 2 is 1.11 bits per heavy atom. The summed E-state index contributed by atoms with van der Waals surface area (Å²) in [6, 6.07) is 11.0. The zero-order chi connectivity index (χ0) is 22.9. The molecule has 2 aliphatic heterocycles. The zero-order valence-corrected chi connectivity index (χ0v) is 19.7. The molecule has 188 valence electrons. The summed E-state index contributed by atoms with van der Waals surface area (Å²) in [5.41, 5.74) is 1.71. The van der Waals surface area contributed by atoms with Crippen molar-refractivity contribution >= 4 is 36.4 Å². The number of halogens is 1. The molecular formula is C24H28ClN3O7. The lowest BCUT2D eigenvalue weighted by atomic mass is 10.2. The Labute approximate surface area is 209 Å². The lowest BCUT2D eigenvalue weighted by molar-refractivity contribution is -0.117. The van der Waals surface area contributed by atoms with Gasteiger partial charge in [0.25, 0.3) is 0 Å². The number of hydrogen-bond donors (Lipinski definition) is 3. The summed E-state index contributed by atoms with van der Waals surface area (Å²) >= 11 is 0. The maximum Gasteiger partial charge on any atom is 0.244 e. The summed E-state index contributed by atoms with van der Waals surface area (Å²) in [6.07, 6.45) is 6.39. The van der Waals surface area contributed by atoms with Gasteiger partial charge in [-0.05, 0) is 47.5 Å². The number of amides is 2. The third-order valence-corrected chi connectivity index (χ3v) is 4.85. The van der Waals surface area contributed by atoms with Crippen LogP contribution in [0.5, 0.6) is 23.0 Å². The van der Waals surface area contributed by atoms with Gasteiger partial charge in [0.2, 0.25) is 25.4 Å². The molecule has 2 heterocycles. The molecule has 0 bridgehead atoms. The van der Waals surface area contributed by atoms with Crippen LogP contribution in [-0.2, 0) is 9.59 Å². The quantitative estimate of drug-likeness (QED) is 0.326. The Balaban J connectivity index is 0.00000216. The van der Waals surface area contributed by atoms with Gasteiger partial charge in [0.05, 0.1) is 0 Å². The summed E-state index contributed by atoms with van der Waals surface area (Å²) in [4.78, 5) is 23.8. The molecule has 0 spiro atoms. The fourth-order valence-electron chi connectivity index (χ4n) is 3.17. The molecule has 0 unspecified atom stereocenters. The minimum atomic E-state index is -0.184. The van der Waals surface area contributed by atoms with Crippen molar-refractivity contribution in [2.24, 2.45) is 0 Å². The molecule has 11 heteroatoms. The van der Waals surface area contributed by atoms with Gasteiger partial charge in [0, 0.05) is 38.3 Å². The maximum absolute atomic E-state index is 11.9. The summed E-state index contributed by atoms with van der Waals surface area (Å²) in [5, 5.41) is 8.76. The predicted molar refractivity (Wildman–Crippen MR) is 133 cm³/mol. The molecule has 0 saturated heterocycles. The second-order valence-electron chi connectivity index (χ2n) is 7.22. The lowest BCUT2D eigenvalue weighted by Gasteiger charge is -2.06. The molecule has 0 aliphatic carbocycles. The largest absolute Gasteiger partial charge is 0.454 e. The number of hydrogen-bond acceptors (Lipinski definition) is 7. The van der Waals surface area contributed by atoms with E-state index in [2.05, 4.69) is 16.0 Å². The fourth-order valence-corrected chi connectivity index (χ4v) is 3.17. The first-order valence-corrected chi connectivity index (χ1v) is 10.6. The average Bonchev–Trinajstić information content (AvgIpc) is 3.49. The van der Waals surface area contributed by atoms with Gasteiger partial charge in [0.1, 0.15) is 0 Å². The zero-order valence-electron chi connectivity index (χ0n) is 18.9. The van der Waals surface area contributed by atoms with Crippen molar-refractivity contribution in [3.05, 3.63) is 59.7 Å². The highest BCUT2D eigenvalue weighted by molar-refractivity contribution is 5.92. The van der Waals surface area contributed by atoms with Crippen LogP contribution >= 0.6 is 12.4 Å². The van der Waals surface area contributed by atoms with E-state index >= 15 is 0 Å². The van der Waals surface area contributed by atoms with Gasteiger partial charge in [-0.1, -0.05) is 12.1 Å². The summed E-state index contributed by atoms with van der Waals surface area (Å²) in [5.74, 6) is 2.40. The Morgan fingerprint density at radius 1 is 0.686 bits per heavy atom. The first-order chi connectivity index (χ1) is 16.2. The van der Waals surface area contributed by atoms with E-state index < -0.39 is 0 Å². The molecule has 10 nitrogen and oxygen atoms in total. The van der Waals surface area contributed by atoms with Gasteiger partial charge in [-0.2, -0.15) is 0 Å². The van der Waals surface area contributed by atoms with Crippen LogP contribution in [0.25, 0.3) is 12.2 Å². The number of fused-ring (bicyclic) bond motifs is 2. The molecule has 2 aromatic rings. The Kier molecular flexibility index (Phi) is 10.9. The molecule has 2 aromatic carbocycles. The Bertz CT molecular complexity index is 992. The van der Waals surface area contributed by atoms with Crippen LogP contribution in [0.4, 0.5) is 0 Å². The molecule has 5 N–H and O–H groups in total. The van der Waals surface area contributed by atoms with Crippen molar-refractivity contribution < 1.29 is 34.0 Å². The highest BCUT2D eigenvalue weighted by Gasteiger charge is 2.13. The maximum atomic E-state index is 11.9. The third kappa shape index (κ3) is 8.21. The fraction of sp³-hybridized carbons (Fsp3) is 0.250. The second-order valence-corrected chi connectivity index (χ2v) is 7.22. The van der Waals surface area contributed by atoms with Gasteiger partial charge < -0.3 is 40.4 Å². The topological polar surface area (TPSA) is 139 Å². The number of carbonyl (C=O) groups is 2. The molecule has 0 aromatic heterocycles. The lowest BCUT2D eigenvalue weighted by Crippen LogP contribution is -2.35. The molecule has 2 aliphatic rings. The highest BCUT2D eigenvalue weighted by Crippen LogP contribution is 2.33. The summed E-state index contributed by atoms with van der Waals surface area (Å²) < 4.78 is 21.2. The van der Waals surface area contributed by atoms with Crippen molar-refractivity contribution in [2.75, 3.05) is 39.8 Å². The van der Waals surface area contributed by atoms with Gasteiger partial charge in [-0.25, -0.2) is 0 Å². The van der Waals surface area contributed by atoms with Crippen molar-refractivity contribution in [1.82, 2.24) is 16.0 Å². The monoisotopic (exact) mass is 505 g/mol. The van der Waals surface area contributed by atoms with Crippen molar-refractivity contribution in [2.45, 2.75) is 0 Å². The molecular weight excluding hydrogens is 478 g/mol. The van der Waals surface area contributed by atoms with Crippen LogP contribution < -0.4 is 34.9 Å². The van der Waals surface area contributed by atoms with E-state index in [1.54, 1.807) is 12.2 Å². The van der Waals surface area contributed by atoms with Gasteiger partial charge in [-0.15, -0.1) is 12.4 Å². The molecule has 35 heavy (non-hydrogen) atoms. The van der Waals surface area contributed by atoms with Crippen LogP contribution in [0.15, 0.2) is 48.6 Å². The summed E-state index contributed by atoms with van der Waals surface area (Å²) in [7, 11) is 0. The van der Waals surface area contributed by atoms with Gasteiger partial charge >= 0.3 is 0 Å². The minimum absolute atomic E-state index is 0. The summed E-state index contributed by atoms with van der Waals surface area (Å²) in [6.45, 7) is 2.57. The smallest absolute Gasteiger partial charge is 0.244 e. The van der Waals surface area contributed by atoms with E-state index in [1.807, 2.05) is 36.4 Å². The van der Waals surface area contributed by atoms with Crippen molar-refractivity contribution in [3.63, 3.8) is 0 Å². The predicted octanol–water partition coefficient (Wildman–Crippen LogP) is 1.29. The van der Waals surface area contributed by atoms with Crippen LogP contribution in [0.1, 0.15) is 11.1 Å². The third-order valence-electron chi connectivity index (χ3n) is 4.85. The van der Waals surface area contributed by atoms with Crippen LogP contribution in [0, 0.1) is 0 Å². The van der Waals surface area contributed by atoms with E-state index in [0.717, 1.165) is 11.1 Å². The SMILES string of the molecule is Cl.O.O=C(C=Cc1ccc2c(c1)OCO2)NCCNCCNC(=O)C=Cc1ccc2c(c1)OCO2. The minimum Gasteiger partial charge on any atom is -0.454 e. The van der Waals surface area contributed by atoms with Crippen molar-refractivity contribution in [1.29, 1.82) is 0 Å². The Morgan fingerprint density at radius 3 is 1.57 bits per heavy atom. The second kappa shape index (κ2) is 13.9. The molecule has 2 amide bonds. The molecule has 0 saturated carbocycles. The number of carbonyl (C=O) groups excluding carboxylic acids is 2. The molecule has 0 fully saturated rings. The number of nitrogens with one attached hydrogen (secondary N) is 3. The number of rotatable bonds is 10. The number of ether oxygens (including phenoxy) is 4. The highest BCUT2D eigenvalue weighted by atomic mass is 35.5. The Hall–Kier alpha value is -3.73. The van der Waals surface area contributed by atoms with Crippen molar-refractivity contribution in [3.8, 4) is 23.0 Å². The molecule has 0 radical (unpaired) electrons. The van der Waals surface area contributed by atoms with Crippen LogP contribution in [0.2, 0.25) is 0 Å². The first-order valence-electron chi connectivity index (χ1n) is 10.6. The van der Waals surface area contributed by atoms with Crippen LogP contribution in [-0.4, -0.2) is 57.1 Å². The van der Waals surface area contributed by atoms with E-state index in [1.165, 1.54) is 12.2 Å². The average molecular weight is 506 g/mol.